The van der Waals surface area contributed by atoms with Gasteiger partial charge in [0.25, 0.3) is 0 Å². The van der Waals surface area contributed by atoms with Crippen LogP contribution in [-0.4, -0.2) is 5.03 Å². The zero-order valence-electron chi connectivity index (χ0n) is 8.88. The summed E-state index contributed by atoms with van der Waals surface area (Å²) in [6, 6.07) is 0. The van der Waals surface area contributed by atoms with Crippen LogP contribution in [0, 0.1) is 16.0 Å². The van der Waals surface area contributed by atoms with Gasteiger partial charge in [-0.05, 0) is 26.7 Å². The molecule has 4 nitrogen and oxygen atoms in total. The van der Waals surface area contributed by atoms with Gasteiger partial charge in [-0.2, -0.15) is 0 Å². The molecule has 0 radical (unpaired) electrons. The molecule has 0 heterocycles. The molecule has 0 saturated heterocycles. The molecule has 0 atom stereocenters. The lowest BCUT2D eigenvalue weighted by molar-refractivity contribution is -0.537. The summed E-state index contributed by atoms with van der Waals surface area (Å²) >= 11 is 0. The van der Waals surface area contributed by atoms with E-state index in [1.807, 2.05) is 13.8 Å². The molecule has 1 aliphatic carbocycles. The van der Waals surface area contributed by atoms with Gasteiger partial charge in [0.1, 0.15) is 0 Å². The van der Waals surface area contributed by atoms with Gasteiger partial charge in [0.05, 0.1) is 5.70 Å². The number of hydrogen-bond donors (Lipinski definition) is 1. The van der Waals surface area contributed by atoms with Crippen LogP contribution in [-0.2, 0) is 0 Å². The first kappa shape index (κ1) is 11.0. The highest BCUT2D eigenvalue weighted by atomic mass is 16.7. The molecule has 1 N–H and O–H groups in total. The first-order valence-corrected chi connectivity index (χ1v) is 5.19. The molecule has 80 valence electrons. The van der Waals surface area contributed by atoms with Crippen molar-refractivity contribution in [2.75, 3.05) is 0 Å². The van der Waals surface area contributed by atoms with Crippen LogP contribution in [0.3, 0.4) is 0 Å². The molecule has 4 heteroatoms. The molecule has 0 unspecified atom stereocenters. The number of nitrogens with one attached hydrogen (secondary N) is 1. The summed E-state index contributed by atoms with van der Waals surface area (Å²) in [5, 5.41) is 9.97. The van der Waals surface area contributed by atoms with E-state index in [2.05, 4.69) is 5.43 Å². The smallest absolute Gasteiger partial charge is 0.162 e. The minimum Gasteiger partial charge on any atom is -0.235 e. The first-order valence-electron chi connectivity index (χ1n) is 5.19. The molecular formula is C10H18N2O2. The maximum atomic E-state index is 10.4. The van der Waals surface area contributed by atoms with Crippen LogP contribution < -0.4 is 5.43 Å². The lowest BCUT2D eigenvalue weighted by Gasteiger charge is -2.23. The fourth-order valence-corrected chi connectivity index (χ4v) is 2.10. The Balaban J connectivity index is 2.67. The average molecular weight is 198 g/mol. The Bertz CT molecular complexity index is 239. The van der Waals surface area contributed by atoms with Crippen LogP contribution in [0.4, 0.5) is 0 Å². The van der Waals surface area contributed by atoms with Crippen LogP contribution in [0.5, 0.6) is 0 Å². The van der Waals surface area contributed by atoms with Crippen LogP contribution in [0.25, 0.3) is 0 Å². The quantitative estimate of drug-likeness (QED) is 0.560. The van der Waals surface area contributed by atoms with Crippen molar-refractivity contribution in [2.24, 2.45) is 5.92 Å². The minimum atomic E-state index is -0.447. The lowest BCUT2D eigenvalue weighted by atomic mass is 9.86. The SMILES string of the molecule is CC(C)=C(N[N+](=O)[O-])C1CCCCC1. The maximum absolute atomic E-state index is 10.4. The van der Waals surface area contributed by atoms with Crippen molar-refractivity contribution in [3.05, 3.63) is 21.4 Å². The Morgan fingerprint density at radius 3 is 2.29 bits per heavy atom. The van der Waals surface area contributed by atoms with Gasteiger partial charge in [-0.25, -0.2) is 10.1 Å². The Morgan fingerprint density at radius 1 is 1.29 bits per heavy atom. The summed E-state index contributed by atoms with van der Waals surface area (Å²) in [7, 11) is 0. The molecule has 0 spiro atoms. The van der Waals surface area contributed by atoms with Crippen LogP contribution in [0.15, 0.2) is 11.3 Å². The topological polar surface area (TPSA) is 55.2 Å². The molecule has 0 bridgehead atoms. The molecule has 14 heavy (non-hydrogen) atoms. The van der Waals surface area contributed by atoms with Crippen molar-refractivity contribution in [3.63, 3.8) is 0 Å². The number of hydrazine groups is 1. The van der Waals surface area contributed by atoms with Gasteiger partial charge in [0, 0.05) is 5.92 Å². The van der Waals surface area contributed by atoms with E-state index >= 15 is 0 Å². The highest BCUT2D eigenvalue weighted by Gasteiger charge is 2.21. The standard InChI is InChI=1S/C10H18N2O2/c1-8(2)10(11-12(13)14)9-6-4-3-5-7-9/h9,11H,3-7H2,1-2H3. The van der Waals surface area contributed by atoms with Crippen molar-refractivity contribution in [1.29, 1.82) is 0 Å². The molecule has 1 rings (SSSR count). The van der Waals surface area contributed by atoms with Crippen LogP contribution in [0.1, 0.15) is 46.0 Å². The molecule has 0 aromatic rings. The summed E-state index contributed by atoms with van der Waals surface area (Å²) in [6.07, 6.45) is 5.83. The third-order valence-corrected chi connectivity index (χ3v) is 2.76. The summed E-state index contributed by atoms with van der Waals surface area (Å²) < 4.78 is 0. The lowest BCUT2D eigenvalue weighted by Crippen LogP contribution is -2.28. The second-order valence-corrected chi connectivity index (χ2v) is 4.12. The monoisotopic (exact) mass is 198 g/mol. The molecule has 1 fully saturated rings. The van der Waals surface area contributed by atoms with E-state index in [-0.39, 0.29) is 0 Å². The number of nitrogens with zero attached hydrogens (tertiary/aromatic N) is 1. The van der Waals surface area contributed by atoms with Gasteiger partial charge < -0.3 is 0 Å². The summed E-state index contributed by atoms with van der Waals surface area (Å²) in [5.74, 6) is 0.374. The summed E-state index contributed by atoms with van der Waals surface area (Å²) in [6.45, 7) is 3.86. The third kappa shape index (κ3) is 3.01. The zero-order chi connectivity index (χ0) is 10.6. The van der Waals surface area contributed by atoms with Gasteiger partial charge in [0.15, 0.2) is 5.03 Å². The Kier molecular flexibility index (Phi) is 3.92. The molecule has 0 amide bonds. The number of allylic oxidation sites excluding steroid dienone is 2. The Hall–Kier alpha value is -1.06. The highest BCUT2D eigenvalue weighted by Crippen LogP contribution is 2.29. The molecular weight excluding hydrogens is 180 g/mol. The Labute approximate surface area is 84.5 Å². The highest BCUT2D eigenvalue weighted by molar-refractivity contribution is 5.10. The van der Waals surface area contributed by atoms with E-state index in [1.54, 1.807) is 0 Å². The van der Waals surface area contributed by atoms with Gasteiger partial charge >= 0.3 is 0 Å². The van der Waals surface area contributed by atoms with Crippen molar-refractivity contribution >= 4 is 0 Å². The summed E-state index contributed by atoms with van der Waals surface area (Å²) in [4.78, 5) is 10.4. The summed E-state index contributed by atoms with van der Waals surface area (Å²) in [5.41, 5.74) is 4.22. The predicted molar refractivity (Wildman–Crippen MR) is 55.1 cm³/mol. The van der Waals surface area contributed by atoms with Crippen LogP contribution >= 0.6 is 0 Å². The Morgan fingerprint density at radius 2 is 1.86 bits per heavy atom. The van der Waals surface area contributed by atoms with E-state index in [9.17, 15) is 10.1 Å². The largest absolute Gasteiger partial charge is 0.235 e. The number of hydrogen-bond acceptors (Lipinski definition) is 2. The van der Waals surface area contributed by atoms with E-state index in [4.69, 9.17) is 0 Å². The second-order valence-electron chi connectivity index (χ2n) is 4.12. The van der Waals surface area contributed by atoms with Gasteiger partial charge in [-0.3, -0.25) is 0 Å². The van der Waals surface area contributed by atoms with Crippen molar-refractivity contribution in [1.82, 2.24) is 5.43 Å². The van der Waals surface area contributed by atoms with E-state index in [0.29, 0.717) is 5.92 Å². The average Bonchev–Trinajstić information content (AvgIpc) is 2.15. The van der Waals surface area contributed by atoms with Crippen molar-refractivity contribution in [3.8, 4) is 0 Å². The number of rotatable bonds is 3. The first-order chi connectivity index (χ1) is 6.61. The molecule has 0 aromatic heterocycles. The van der Waals surface area contributed by atoms with Crippen LogP contribution in [0.2, 0.25) is 0 Å². The van der Waals surface area contributed by atoms with Gasteiger partial charge in [0.2, 0.25) is 0 Å². The molecule has 1 aliphatic rings. The molecule has 0 aliphatic heterocycles. The van der Waals surface area contributed by atoms with E-state index in [0.717, 1.165) is 24.1 Å². The third-order valence-electron chi connectivity index (χ3n) is 2.76. The molecule has 0 aromatic carbocycles. The fourth-order valence-electron chi connectivity index (χ4n) is 2.10. The number of nitro groups is 1. The zero-order valence-corrected chi connectivity index (χ0v) is 8.88. The van der Waals surface area contributed by atoms with Gasteiger partial charge in [-0.15, -0.1) is 5.43 Å². The molecule has 1 saturated carbocycles. The predicted octanol–water partition coefficient (Wildman–Crippen LogP) is 2.64. The minimum absolute atomic E-state index is 0.374. The maximum Gasteiger partial charge on any atom is 0.162 e. The van der Waals surface area contributed by atoms with Crippen molar-refractivity contribution in [2.45, 2.75) is 46.0 Å². The van der Waals surface area contributed by atoms with Gasteiger partial charge in [-0.1, -0.05) is 24.8 Å². The van der Waals surface area contributed by atoms with Crippen molar-refractivity contribution < 1.29 is 5.03 Å². The normalized spacial score (nSPS) is 17.6. The van der Waals surface area contributed by atoms with E-state index < -0.39 is 5.03 Å². The second kappa shape index (κ2) is 4.98. The fraction of sp³-hybridized carbons (Fsp3) is 0.800. The van der Waals surface area contributed by atoms with E-state index in [1.165, 1.54) is 19.3 Å².